The molecule has 0 radical (unpaired) electrons. The van der Waals surface area contributed by atoms with Gasteiger partial charge >= 0.3 is 5.97 Å². The first kappa shape index (κ1) is 47.7. The molecule has 9 heteroatoms. The lowest BCUT2D eigenvalue weighted by Crippen LogP contribution is -2.58. The van der Waals surface area contributed by atoms with E-state index >= 15 is 0 Å². The van der Waals surface area contributed by atoms with Crippen LogP contribution < -0.4 is 0 Å². The predicted octanol–water partition coefficient (Wildman–Crippen LogP) is 11.5. The third-order valence-electron chi connectivity index (χ3n) is 11.8. The van der Waals surface area contributed by atoms with Crippen molar-refractivity contribution in [2.75, 3.05) is 0 Å². The van der Waals surface area contributed by atoms with Crippen molar-refractivity contribution < 1.29 is 27.9 Å². The van der Waals surface area contributed by atoms with Gasteiger partial charge in [-0.3, -0.25) is 4.79 Å². The second-order valence-electron chi connectivity index (χ2n) is 19.4. The van der Waals surface area contributed by atoms with E-state index in [1.54, 1.807) is 0 Å². The number of rotatable bonds is 18. The van der Waals surface area contributed by atoms with Gasteiger partial charge in [0.2, 0.25) is 0 Å². The molecule has 0 bridgehead atoms. The van der Waals surface area contributed by atoms with Crippen LogP contribution in [0.3, 0.4) is 0 Å². The molecule has 0 aromatic heterocycles. The summed E-state index contributed by atoms with van der Waals surface area (Å²) in [6.07, 6.45) is 0.961. The Hall–Kier alpha value is -0.299. The molecule has 0 saturated carbocycles. The van der Waals surface area contributed by atoms with Crippen LogP contribution in [0.15, 0.2) is 11.6 Å². The van der Waals surface area contributed by atoms with Gasteiger partial charge in [-0.15, -0.1) is 0 Å². The predicted molar refractivity (Wildman–Crippen MR) is 214 cm³/mol. The molecule has 0 saturated heterocycles. The maximum atomic E-state index is 13.7. The molecule has 6 atom stereocenters. The van der Waals surface area contributed by atoms with Crippen LogP contribution in [0.25, 0.3) is 0 Å². The van der Waals surface area contributed by atoms with E-state index in [1.807, 2.05) is 27.7 Å². The molecular formula is C39H82O6Si3. The molecule has 0 aliphatic heterocycles. The van der Waals surface area contributed by atoms with Gasteiger partial charge in [0, 0.05) is 17.3 Å². The van der Waals surface area contributed by atoms with Crippen LogP contribution in [-0.2, 0) is 22.8 Å². The highest BCUT2D eigenvalue weighted by molar-refractivity contribution is 6.74. The molecule has 6 nitrogen and oxygen atoms in total. The van der Waals surface area contributed by atoms with Crippen LogP contribution in [0, 0.1) is 17.3 Å². The quantitative estimate of drug-likeness (QED) is 0.0860. The number of aliphatic hydroxyl groups is 1. The Morgan fingerprint density at radius 2 is 1.15 bits per heavy atom. The molecule has 0 aromatic carbocycles. The topological polar surface area (TPSA) is 74.2 Å². The number of aliphatic hydroxyl groups excluding tert-OH is 1. The fraction of sp³-hybridized carbons (Fsp3) is 0.923. The Balaban J connectivity index is 7.74. The summed E-state index contributed by atoms with van der Waals surface area (Å²) in [4.78, 5) is 13.7. The minimum Gasteiger partial charge on any atom is -0.460 e. The summed E-state index contributed by atoms with van der Waals surface area (Å²) < 4.78 is 28.2. The Morgan fingerprint density at radius 3 is 1.50 bits per heavy atom. The van der Waals surface area contributed by atoms with Gasteiger partial charge in [0.15, 0.2) is 25.0 Å². The summed E-state index contributed by atoms with van der Waals surface area (Å²) in [5.74, 6) is -0.328. The normalized spacial score (nSPS) is 18.6. The summed E-state index contributed by atoms with van der Waals surface area (Å²) in [5, 5.41) is 10.5. The number of ether oxygens (including phenoxy) is 1. The highest BCUT2D eigenvalue weighted by Gasteiger charge is 2.52. The van der Waals surface area contributed by atoms with Gasteiger partial charge in [-0.25, -0.2) is 0 Å². The zero-order valence-corrected chi connectivity index (χ0v) is 38.9. The molecular weight excluding hydrogens is 649 g/mol. The van der Waals surface area contributed by atoms with Crippen LogP contribution in [0.1, 0.15) is 131 Å². The summed E-state index contributed by atoms with van der Waals surface area (Å²) in [6, 6.07) is 3.04. The number of esters is 1. The molecule has 0 amide bonds. The SMILES string of the molecule is CC[Si](CC)(CC)O[C@@H]([C@H](C)[C@@H](O[Si](C)(C)C(C)(C)C)/C(C)=C/[C@@H](C)C(C)O)C(C)(C)[C@@H](CC(=O)OC(C)(C)C)O[Si](C)(C)C(C)(C)C. The molecule has 1 N–H and O–H groups in total. The Kier molecular flexibility index (Phi) is 17.4. The lowest BCUT2D eigenvalue weighted by molar-refractivity contribution is -0.160. The second-order valence-corrected chi connectivity index (χ2v) is 33.7. The Bertz CT molecular complexity index is 1020. The van der Waals surface area contributed by atoms with Crippen LogP contribution in [0.5, 0.6) is 0 Å². The van der Waals surface area contributed by atoms with E-state index in [1.165, 1.54) is 0 Å². The second kappa shape index (κ2) is 17.5. The highest BCUT2D eigenvalue weighted by Crippen LogP contribution is 2.47. The number of hydrogen-bond donors (Lipinski definition) is 1. The lowest BCUT2D eigenvalue weighted by atomic mass is 9.72. The minimum absolute atomic E-state index is 0.00641. The van der Waals surface area contributed by atoms with Crippen LogP contribution in [0.4, 0.5) is 0 Å². The summed E-state index contributed by atoms with van der Waals surface area (Å²) in [6.45, 7) is 48.2. The lowest BCUT2D eigenvalue weighted by Gasteiger charge is -2.52. The Labute approximate surface area is 302 Å². The average Bonchev–Trinajstić information content (AvgIpc) is 2.89. The van der Waals surface area contributed by atoms with Gasteiger partial charge in [0.25, 0.3) is 0 Å². The van der Waals surface area contributed by atoms with Gasteiger partial charge in [0.1, 0.15) is 5.60 Å². The third-order valence-corrected chi connectivity index (χ3v) is 25.4. The zero-order valence-electron chi connectivity index (χ0n) is 35.9. The number of carbonyl (C=O) groups excluding carboxylic acids is 1. The molecule has 48 heavy (non-hydrogen) atoms. The molecule has 286 valence electrons. The van der Waals surface area contributed by atoms with Crippen molar-refractivity contribution in [1.82, 2.24) is 0 Å². The summed E-state index contributed by atoms with van der Waals surface area (Å²) in [5.41, 5.74) is -0.0455. The molecule has 0 aromatic rings. The monoisotopic (exact) mass is 731 g/mol. The molecule has 0 heterocycles. The van der Waals surface area contributed by atoms with E-state index in [2.05, 4.69) is 129 Å². The maximum Gasteiger partial charge on any atom is 0.308 e. The van der Waals surface area contributed by atoms with Gasteiger partial charge in [-0.1, -0.05) is 96.1 Å². The molecule has 0 rings (SSSR count). The average molecular weight is 731 g/mol. The van der Waals surface area contributed by atoms with E-state index in [0.29, 0.717) is 0 Å². The van der Waals surface area contributed by atoms with E-state index in [0.717, 1.165) is 23.7 Å². The molecule has 0 aliphatic rings. The van der Waals surface area contributed by atoms with Gasteiger partial charge in [-0.05, 0) is 94.6 Å². The smallest absolute Gasteiger partial charge is 0.308 e. The van der Waals surface area contributed by atoms with E-state index in [4.69, 9.17) is 18.0 Å². The van der Waals surface area contributed by atoms with Crippen LogP contribution in [-0.4, -0.2) is 66.0 Å². The molecule has 0 aliphatic carbocycles. The fourth-order valence-electron chi connectivity index (χ4n) is 5.83. The van der Waals surface area contributed by atoms with Crippen molar-refractivity contribution in [1.29, 1.82) is 0 Å². The highest BCUT2D eigenvalue weighted by atomic mass is 28.4. The number of carbonyl (C=O) groups is 1. The molecule has 0 spiro atoms. The summed E-state index contributed by atoms with van der Waals surface area (Å²) >= 11 is 0. The molecule has 0 fully saturated rings. The standard InChI is InChI=1S/C39H82O6Si3/c1-23-48(24-2,25-3)45-35(30(6)34(29(5)26-28(4)31(7)40)44-47(21,22)38(14,15)16)39(17,18)32(27-33(41)42-36(8,9)10)43-46(19,20)37(11,12)13/h26,28,30-32,34-35,40H,23-25,27H2,1-22H3/b29-26+/t28-,30-,31?,32-,34+,35+/m1/s1. The minimum atomic E-state index is -2.33. The van der Waals surface area contributed by atoms with E-state index < -0.39 is 48.2 Å². The number of hydrogen-bond acceptors (Lipinski definition) is 6. The van der Waals surface area contributed by atoms with Crippen molar-refractivity contribution in [3.63, 3.8) is 0 Å². The third kappa shape index (κ3) is 13.4. The molecule has 1 unspecified atom stereocenters. The van der Waals surface area contributed by atoms with Gasteiger partial charge < -0.3 is 23.1 Å². The maximum absolute atomic E-state index is 13.7. The zero-order chi connectivity index (χ0) is 38.5. The van der Waals surface area contributed by atoms with Crippen LogP contribution in [0.2, 0.25) is 54.4 Å². The van der Waals surface area contributed by atoms with Crippen molar-refractivity contribution in [2.24, 2.45) is 17.3 Å². The van der Waals surface area contributed by atoms with Crippen molar-refractivity contribution >= 4 is 30.9 Å². The van der Waals surface area contributed by atoms with Gasteiger partial charge in [-0.2, -0.15) is 0 Å². The first-order chi connectivity index (χ1) is 21.2. The van der Waals surface area contributed by atoms with Crippen molar-refractivity contribution in [2.45, 2.75) is 215 Å². The van der Waals surface area contributed by atoms with Crippen molar-refractivity contribution in [3.05, 3.63) is 11.6 Å². The first-order valence-corrected chi connectivity index (χ1v) is 27.2. The van der Waals surface area contributed by atoms with Crippen molar-refractivity contribution in [3.8, 4) is 0 Å². The largest absolute Gasteiger partial charge is 0.460 e. The summed E-state index contributed by atoms with van der Waals surface area (Å²) in [7, 11) is -6.74. The fourth-order valence-corrected chi connectivity index (χ4v) is 11.7. The van der Waals surface area contributed by atoms with E-state index in [9.17, 15) is 9.90 Å². The first-order valence-electron chi connectivity index (χ1n) is 18.9. The van der Waals surface area contributed by atoms with Crippen LogP contribution >= 0.6 is 0 Å². The Morgan fingerprint density at radius 1 is 0.729 bits per heavy atom. The van der Waals surface area contributed by atoms with Gasteiger partial charge in [0.05, 0.1) is 30.8 Å². The van der Waals surface area contributed by atoms with E-state index in [-0.39, 0.29) is 46.5 Å².